The van der Waals surface area contributed by atoms with Crippen LogP contribution in [-0.2, 0) is 5.88 Å². The van der Waals surface area contributed by atoms with E-state index in [0.717, 1.165) is 0 Å². The highest BCUT2D eigenvalue weighted by atomic mass is 35.5. The summed E-state index contributed by atoms with van der Waals surface area (Å²) in [5, 5.41) is 0.318. The molecule has 21 heavy (non-hydrogen) atoms. The van der Waals surface area contributed by atoms with Gasteiger partial charge in [0.15, 0.2) is 5.65 Å². The van der Waals surface area contributed by atoms with Gasteiger partial charge in [-0.3, -0.25) is 4.57 Å². The number of hydrogen-bond acceptors (Lipinski definition) is 3. The van der Waals surface area contributed by atoms with Crippen molar-refractivity contribution in [3.63, 3.8) is 0 Å². The van der Waals surface area contributed by atoms with E-state index in [1.807, 2.05) is 0 Å². The Morgan fingerprint density at radius 1 is 1.24 bits per heavy atom. The summed E-state index contributed by atoms with van der Waals surface area (Å²) in [7, 11) is 1.51. The van der Waals surface area contributed by atoms with E-state index < -0.39 is 5.82 Å². The molecule has 7 heteroatoms. The first-order chi connectivity index (χ1) is 10.1. The Bertz CT molecular complexity index is 819. The van der Waals surface area contributed by atoms with E-state index in [-0.39, 0.29) is 5.88 Å². The summed E-state index contributed by atoms with van der Waals surface area (Å²) in [4.78, 5) is 8.68. The van der Waals surface area contributed by atoms with Crippen molar-refractivity contribution in [1.29, 1.82) is 0 Å². The molecule has 4 nitrogen and oxygen atoms in total. The molecule has 2 aromatic heterocycles. The number of nitrogens with zero attached hydrogens (tertiary/aromatic N) is 3. The second-order valence-corrected chi connectivity index (χ2v) is 4.99. The van der Waals surface area contributed by atoms with Gasteiger partial charge < -0.3 is 4.74 Å². The third-order valence-electron chi connectivity index (χ3n) is 3.03. The van der Waals surface area contributed by atoms with Crippen molar-refractivity contribution in [3.8, 4) is 11.6 Å². The minimum Gasteiger partial charge on any atom is -0.481 e. The molecule has 1 aromatic carbocycles. The lowest BCUT2D eigenvalue weighted by atomic mass is 10.3. The predicted molar refractivity (Wildman–Crippen MR) is 79.9 cm³/mol. The molecule has 0 fully saturated rings. The fourth-order valence-corrected chi connectivity index (χ4v) is 2.44. The normalized spacial score (nSPS) is 11.0. The number of pyridine rings is 1. The molecule has 0 atom stereocenters. The smallest absolute Gasteiger partial charge is 0.215 e. The van der Waals surface area contributed by atoms with Gasteiger partial charge in [0.1, 0.15) is 17.2 Å². The molecule has 108 valence electrons. The van der Waals surface area contributed by atoms with E-state index in [0.29, 0.717) is 33.6 Å². The van der Waals surface area contributed by atoms with Crippen molar-refractivity contribution in [2.75, 3.05) is 7.11 Å². The Morgan fingerprint density at radius 3 is 2.71 bits per heavy atom. The van der Waals surface area contributed by atoms with E-state index in [4.69, 9.17) is 27.9 Å². The number of methoxy groups -OCH3 is 1. The van der Waals surface area contributed by atoms with Crippen molar-refractivity contribution >= 4 is 34.4 Å². The average Bonchev–Trinajstić information content (AvgIpc) is 2.84. The Kier molecular flexibility index (Phi) is 3.69. The Morgan fingerprint density at radius 2 is 2.05 bits per heavy atom. The SMILES string of the molecule is COc1ccc2nc(CCl)n(-c3ccc(Cl)cc3F)c2n1. The minimum absolute atomic E-state index is 0.126. The van der Waals surface area contributed by atoms with Gasteiger partial charge in [-0.15, -0.1) is 11.6 Å². The summed E-state index contributed by atoms with van der Waals surface area (Å²) in [6.45, 7) is 0. The summed E-state index contributed by atoms with van der Waals surface area (Å²) < 4.78 is 20.9. The summed E-state index contributed by atoms with van der Waals surface area (Å²) in [5.41, 5.74) is 1.38. The molecule has 0 saturated heterocycles. The molecule has 2 heterocycles. The van der Waals surface area contributed by atoms with Crippen LogP contribution < -0.4 is 4.74 Å². The van der Waals surface area contributed by atoms with Crippen LogP contribution >= 0.6 is 23.2 Å². The van der Waals surface area contributed by atoms with Crippen LogP contribution in [0.25, 0.3) is 16.9 Å². The molecule has 0 aliphatic rings. The fourth-order valence-electron chi connectivity index (χ4n) is 2.11. The zero-order valence-electron chi connectivity index (χ0n) is 11.0. The van der Waals surface area contributed by atoms with Crippen LogP contribution in [0, 0.1) is 5.82 Å². The third kappa shape index (κ3) is 2.43. The van der Waals surface area contributed by atoms with Crippen LogP contribution in [0.2, 0.25) is 5.02 Å². The average molecular weight is 326 g/mol. The zero-order chi connectivity index (χ0) is 15.0. The molecule has 3 rings (SSSR count). The third-order valence-corrected chi connectivity index (χ3v) is 3.50. The van der Waals surface area contributed by atoms with Gasteiger partial charge in [0.05, 0.1) is 18.7 Å². The highest BCUT2D eigenvalue weighted by molar-refractivity contribution is 6.30. The molecule has 0 bridgehead atoms. The van der Waals surface area contributed by atoms with Crippen molar-refractivity contribution in [2.45, 2.75) is 5.88 Å². The number of aromatic nitrogens is 3. The largest absolute Gasteiger partial charge is 0.481 e. The van der Waals surface area contributed by atoms with Gasteiger partial charge in [0.25, 0.3) is 0 Å². The van der Waals surface area contributed by atoms with E-state index in [9.17, 15) is 4.39 Å². The lowest BCUT2D eigenvalue weighted by Gasteiger charge is -2.09. The molecular formula is C14H10Cl2FN3O. The molecule has 0 aliphatic carbocycles. The van der Waals surface area contributed by atoms with Gasteiger partial charge in [-0.25, -0.2) is 9.37 Å². The molecule has 0 unspecified atom stereocenters. The van der Waals surface area contributed by atoms with Gasteiger partial charge >= 0.3 is 0 Å². The highest BCUT2D eigenvalue weighted by Gasteiger charge is 2.16. The first-order valence-electron chi connectivity index (χ1n) is 6.08. The molecule has 0 amide bonds. The second kappa shape index (κ2) is 5.50. The number of benzene rings is 1. The number of hydrogen-bond donors (Lipinski definition) is 0. The Labute approximate surface area is 130 Å². The lowest BCUT2D eigenvalue weighted by Crippen LogP contribution is -2.03. The number of fused-ring (bicyclic) bond motifs is 1. The molecule has 0 saturated carbocycles. The van der Waals surface area contributed by atoms with Gasteiger partial charge in [-0.1, -0.05) is 11.6 Å². The fraction of sp³-hybridized carbons (Fsp3) is 0.143. The Balaban J connectivity index is 2.33. The summed E-state index contributed by atoms with van der Waals surface area (Å²) >= 11 is 11.7. The maximum absolute atomic E-state index is 14.2. The van der Waals surface area contributed by atoms with Gasteiger partial charge in [-0.05, 0) is 24.3 Å². The van der Waals surface area contributed by atoms with Crippen LogP contribution in [0.1, 0.15) is 5.82 Å². The van der Waals surface area contributed by atoms with Crippen LogP contribution in [-0.4, -0.2) is 21.6 Å². The van der Waals surface area contributed by atoms with E-state index in [1.54, 1.807) is 28.8 Å². The quantitative estimate of drug-likeness (QED) is 0.684. The molecule has 0 N–H and O–H groups in total. The van der Waals surface area contributed by atoms with Gasteiger partial charge in [-0.2, -0.15) is 4.98 Å². The Hall–Kier alpha value is -1.85. The summed E-state index contributed by atoms with van der Waals surface area (Å²) in [5.74, 6) is 0.561. The van der Waals surface area contributed by atoms with E-state index in [2.05, 4.69) is 9.97 Å². The number of alkyl halides is 1. The number of ether oxygens (including phenoxy) is 1. The maximum Gasteiger partial charge on any atom is 0.215 e. The topological polar surface area (TPSA) is 39.9 Å². The van der Waals surface area contributed by atoms with E-state index in [1.165, 1.54) is 13.2 Å². The van der Waals surface area contributed by atoms with Crippen LogP contribution in [0.4, 0.5) is 4.39 Å². The van der Waals surface area contributed by atoms with Crippen molar-refractivity contribution in [1.82, 2.24) is 14.5 Å². The minimum atomic E-state index is -0.474. The van der Waals surface area contributed by atoms with Crippen molar-refractivity contribution in [3.05, 3.63) is 47.0 Å². The first kappa shape index (κ1) is 14.1. The predicted octanol–water partition coefficient (Wildman–Crippen LogP) is 3.96. The van der Waals surface area contributed by atoms with Gasteiger partial charge in [0, 0.05) is 11.1 Å². The molecule has 0 aliphatic heterocycles. The number of rotatable bonds is 3. The first-order valence-corrected chi connectivity index (χ1v) is 6.99. The lowest BCUT2D eigenvalue weighted by molar-refractivity contribution is 0.399. The summed E-state index contributed by atoms with van der Waals surface area (Å²) in [6, 6.07) is 7.85. The number of imidazole rings is 1. The molecule has 0 radical (unpaired) electrons. The van der Waals surface area contributed by atoms with Crippen LogP contribution in [0.15, 0.2) is 30.3 Å². The summed E-state index contributed by atoms with van der Waals surface area (Å²) in [6.07, 6.45) is 0. The molecular weight excluding hydrogens is 316 g/mol. The highest BCUT2D eigenvalue weighted by Crippen LogP contribution is 2.26. The number of halogens is 3. The van der Waals surface area contributed by atoms with Crippen LogP contribution in [0.3, 0.4) is 0 Å². The standard InChI is InChI=1S/C14H10Cl2FN3O/c1-21-13-5-3-10-14(19-13)20(12(7-15)18-10)11-4-2-8(16)6-9(11)17/h2-6H,7H2,1H3. The second-order valence-electron chi connectivity index (χ2n) is 4.29. The molecule has 3 aromatic rings. The monoisotopic (exact) mass is 325 g/mol. The maximum atomic E-state index is 14.2. The van der Waals surface area contributed by atoms with Crippen molar-refractivity contribution < 1.29 is 9.13 Å². The van der Waals surface area contributed by atoms with Gasteiger partial charge in [0.2, 0.25) is 5.88 Å². The zero-order valence-corrected chi connectivity index (χ0v) is 12.5. The molecule has 0 spiro atoms. The van der Waals surface area contributed by atoms with Crippen molar-refractivity contribution in [2.24, 2.45) is 0 Å². The van der Waals surface area contributed by atoms with Crippen LogP contribution in [0.5, 0.6) is 5.88 Å². The van der Waals surface area contributed by atoms with E-state index >= 15 is 0 Å².